The molecule has 0 radical (unpaired) electrons. The Morgan fingerprint density at radius 2 is 1.77 bits per heavy atom. The molecule has 1 aliphatic heterocycles. The van der Waals surface area contributed by atoms with E-state index >= 15 is 0 Å². The van der Waals surface area contributed by atoms with Gasteiger partial charge in [-0.1, -0.05) is 42.5 Å². The number of rotatable bonds is 5. The Morgan fingerprint density at radius 1 is 1.05 bits per heavy atom. The summed E-state index contributed by atoms with van der Waals surface area (Å²) >= 11 is 3.44. The first-order valence-corrected chi connectivity index (χ1v) is 8.43. The number of piperazine rings is 1. The lowest BCUT2D eigenvalue weighted by Gasteiger charge is -2.33. The number of aromatic nitrogens is 2. The van der Waals surface area contributed by atoms with Gasteiger partial charge >= 0.3 is 0 Å². The maximum Gasteiger partial charge on any atom is 0.0930 e. The number of halogens is 1. The van der Waals surface area contributed by atoms with E-state index in [4.69, 9.17) is 0 Å². The van der Waals surface area contributed by atoms with Crippen LogP contribution in [-0.4, -0.2) is 52.3 Å². The fourth-order valence-corrected chi connectivity index (χ4v) is 2.96. The van der Waals surface area contributed by atoms with Crippen molar-refractivity contribution in [3.8, 4) is 0 Å². The molecule has 1 aliphatic rings. The van der Waals surface area contributed by atoms with Crippen LogP contribution in [0.5, 0.6) is 0 Å². The Hall–Kier alpha value is -1.43. The van der Waals surface area contributed by atoms with Crippen molar-refractivity contribution in [2.75, 3.05) is 32.7 Å². The molecule has 22 heavy (non-hydrogen) atoms. The molecule has 0 unspecified atom stereocenters. The Kier molecular flexibility index (Phi) is 5.43. The Bertz CT molecular complexity index is 600. The van der Waals surface area contributed by atoms with E-state index in [2.05, 4.69) is 73.3 Å². The van der Waals surface area contributed by atoms with Crippen molar-refractivity contribution in [2.45, 2.75) is 6.67 Å². The zero-order valence-electron chi connectivity index (χ0n) is 12.6. The summed E-state index contributed by atoms with van der Waals surface area (Å²) in [7, 11) is 0. The van der Waals surface area contributed by atoms with Crippen molar-refractivity contribution >= 4 is 22.0 Å². The van der Waals surface area contributed by atoms with E-state index < -0.39 is 0 Å². The molecule has 5 heteroatoms. The third kappa shape index (κ3) is 4.53. The van der Waals surface area contributed by atoms with Crippen LogP contribution in [0.15, 0.2) is 53.3 Å². The average Bonchev–Trinajstić information content (AvgIpc) is 2.95. The minimum absolute atomic E-state index is 0.874. The third-order valence-electron chi connectivity index (χ3n) is 3.89. The van der Waals surface area contributed by atoms with Crippen molar-refractivity contribution in [2.24, 2.45) is 0 Å². The molecular formula is C17H21BrN4. The van der Waals surface area contributed by atoms with E-state index in [1.165, 1.54) is 5.56 Å². The fourth-order valence-electron chi connectivity index (χ4n) is 2.64. The van der Waals surface area contributed by atoms with Gasteiger partial charge in [0.05, 0.1) is 17.3 Å². The molecule has 0 atom stereocenters. The van der Waals surface area contributed by atoms with E-state index in [0.29, 0.717) is 0 Å². The van der Waals surface area contributed by atoms with Crippen molar-refractivity contribution in [3.05, 3.63) is 58.8 Å². The van der Waals surface area contributed by atoms with Crippen LogP contribution in [-0.2, 0) is 6.67 Å². The summed E-state index contributed by atoms with van der Waals surface area (Å²) in [6.07, 6.45) is 8.32. The highest BCUT2D eigenvalue weighted by atomic mass is 79.9. The smallest absolute Gasteiger partial charge is 0.0930 e. The van der Waals surface area contributed by atoms with Crippen molar-refractivity contribution in [3.63, 3.8) is 0 Å². The number of nitrogens with zero attached hydrogens (tertiary/aromatic N) is 4. The van der Waals surface area contributed by atoms with Gasteiger partial charge in [-0.2, -0.15) is 5.10 Å². The molecule has 1 saturated heterocycles. The summed E-state index contributed by atoms with van der Waals surface area (Å²) in [4.78, 5) is 4.94. The van der Waals surface area contributed by atoms with Gasteiger partial charge in [-0.15, -0.1) is 0 Å². The molecule has 1 aromatic carbocycles. The van der Waals surface area contributed by atoms with Crippen LogP contribution in [0.2, 0.25) is 0 Å². The maximum atomic E-state index is 4.32. The first-order valence-electron chi connectivity index (χ1n) is 7.64. The van der Waals surface area contributed by atoms with Gasteiger partial charge in [0, 0.05) is 38.9 Å². The van der Waals surface area contributed by atoms with E-state index in [1.54, 1.807) is 0 Å². The quantitative estimate of drug-likeness (QED) is 0.819. The lowest BCUT2D eigenvalue weighted by Crippen LogP contribution is -2.46. The highest BCUT2D eigenvalue weighted by Gasteiger charge is 2.16. The predicted molar refractivity (Wildman–Crippen MR) is 93.4 cm³/mol. The van der Waals surface area contributed by atoms with Gasteiger partial charge in [-0.3, -0.25) is 14.5 Å². The van der Waals surface area contributed by atoms with Crippen LogP contribution in [0, 0.1) is 0 Å². The summed E-state index contributed by atoms with van der Waals surface area (Å²) < 4.78 is 3.02. The molecule has 0 spiro atoms. The SMILES string of the molecule is Brc1cnn(CN2CCN(C/C=C/c3ccccc3)CC2)c1. The molecule has 0 N–H and O–H groups in total. The van der Waals surface area contributed by atoms with Crippen molar-refractivity contribution < 1.29 is 0 Å². The van der Waals surface area contributed by atoms with Crippen LogP contribution in [0.25, 0.3) is 6.08 Å². The van der Waals surface area contributed by atoms with Crippen molar-refractivity contribution in [1.29, 1.82) is 0 Å². The standard InChI is InChI=1S/C17H21BrN4/c18-17-13-19-22(14-17)15-21-11-9-20(10-12-21)8-4-7-16-5-2-1-3-6-16/h1-7,13-14H,8-12,15H2/b7-4+. The second-order valence-electron chi connectivity index (χ2n) is 5.57. The maximum absolute atomic E-state index is 4.32. The average molecular weight is 361 g/mol. The molecule has 0 saturated carbocycles. The fraction of sp³-hybridized carbons (Fsp3) is 0.353. The molecule has 1 fully saturated rings. The van der Waals surface area contributed by atoms with Gasteiger partial charge in [0.15, 0.2) is 0 Å². The molecule has 4 nitrogen and oxygen atoms in total. The molecule has 3 rings (SSSR count). The molecule has 0 aliphatic carbocycles. The van der Waals surface area contributed by atoms with E-state index in [9.17, 15) is 0 Å². The number of hydrogen-bond donors (Lipinski definition) is 0. The van der Waals surface area contributed by atoms with Gasteiger partial charge < -0.3 is 0 Å². The van der Waals surface area contributed by atoms with Crippen LogP contribution < -0.4 is 0 Å². The zero-order chi connectivity index (χ0) is 15.2. The molecule has 116 valence electrons. The predicted octanol–water partition coefficient (Wildman–Crippen LogP) is 2.93. The van der Waals surface area contributed by atoms with Gasteiger partial charge in [0.25, 0.3) is 0 Å². The summed E-state index contributed by atoms with van der Waals surface area (Å²) in [5.41, 5.74) is 1.27. The highest BCUT2D eigenvalue weighted by Crippen LogP contribution is 2.09. The third-order valence-corrected chi connectivity index (χ3v) is 4.29. The normalized spacial score (nSPS) is 17.3. The Morgan fingerprint density at radius 3 is 2.45 bits per heavy atom. The van der Waals surface area contributed by atoms with E-state index in [1.807, 2.05) is 17.1 Å². The summed E-state index contributed by atoms with van der Waals surface area (Å²) in [5.74, 6) is 0. The molecule has 2 aromatic rings. The number of benzene rings is 1. The molecule has 2 heterocycles. The second kappa shape index (κ2) is 7.72. The summed E-state index contributed by atoms with van der Waals surface area (Å²) in [6.45, 7) is 6.31. The lowest BCUT2D eigenvalue weighted by molar-refractivity contribution is 0.111. The highest BCUT2D eigenvalue weighted by molar-refractivity contribution is 9.10. The number of hydrogen-bond acceptors (Lipinski definition) is 3. The molecule has 0 amide bonds. The minimum Gasteiger partial charge on any atom is -0.297 e. The monoisotopic (exact) mass is 360 g/mol. The van der Waals surface area contributed by atoms with Crippen molar-refractivity contribution in [1.82, 2.24) is 19.6 Å². The van der Waals surface area contributed by atoms with Crippen LogP contribution >= 0.6 is 15.9 Å². The Labute approximate surface area is 140 Å². The summed E-state index contributed by atoms with van der Waals surface area (Å²) in [6, 6.07) is 10.5. The molecule has 0 bridgehead atoms. The van der Waals surface area contributed by atoms with Gasteiger partial charge in [-0.05, 0) is 21.5 Å². The van der Waals surface area contributed by atoms with Crippen LogP contribution in [0.3, 0.4) is 0 Å². The molecular weight excluding hydrogens is 340 g/mol. The van der Waals surface area contributed by atoms with Gasteiger partial charge in [-0.25, -0.2) is 0 Å². The first-order chi connectivity index (χ1) is 10.8. The Balaban J connectivity index is 1.41. The largest absolute Gasteiger partial charge is 0.297 e. The van der Waals surface area contributed by atoms with Crippen LogP contribution in [0.4, 0.5) is 0 Å². The first kappa shape index (κ1) is 15.5. The second-order valence-corrected chi connectivity index (χ2v) is 6.49. The zero-order valence-corrected chi connectivity index (χ0v) is 14.2. The van der Waals surface area contributed by atoms with Crippen LogP contribution in [0.1, 0.15) is 5.56 Å². The lowest BCUT2D eigenvalue weighted by atomic mass is 10.2. The van der Waals surface area contributed by atoms with E-state index in [0.717, 1.165) is 43.9 Å². The van der Waals surface area contributed by atoms with Gasteiger partial charge in [0.1, 0.15) is 0 Å². The van der Waals surface area contributed by atoms with E-state index in [-0.39, 0.29) is 0 Å². The minimum atomic E-state index is 0.874. The topological polar surface area (TPSA) is 24.3 Å². The molecule has 1 aromatic heterocycles. The van der Waals surface area contributed by atoms with Gasteiger partial charge in [0.2, 0.25) is 0 Å². The summed E-state index contributed by atoms with van der Waals surface area (Å²) in [5, 5.41) is 4.32.